The highest BCUT2D eigenvalue weighted by atomic mass is 32.2. The summed E-state index contributed by atoms with van der Waals surface area (Å²) < 4.78 is 26.5. The van der Waals surface area contributed by atoms with E-state index in [0.717, 1.165) is 0 Å². The van der Waals surface area contributed by atoms with E-state index >= 15 is 0 Å². The maximum absolute atomic E-state index is 11.6. The Morgan fingerprint density at radius 1 is 1.33 bits per heavy atom. The predicted molar refractivity (Wildman–Crippen MR) is 57.5 cm³/mol. The molecule has 1 N–H and O–H groups in total. The highest BCUT2D eigenvalue weighted by Crippen LogP contribution is 2.22. The maximum Gasteiger partial charge on any atom is 0.287 e. The summed E-state index contributed by atoms with van der Waals surface area (Å²) in [5.41, 5.74) is 0. The normalized spacial score (nSPS) is 11.9. The molecular formula is C9H12N2O3S. The van der Waals surface area contributed by atoms with Gasteiger partial charge < -0.3 is 10.0 Å². The lowest BCUT2D eigenvalue weighted by Gasteiger charge is -2.04. The van der Waals surface area contributed by atoms with E-state index in [1.54, 1.807) is 20.2 Å². The Bertz CT molecular complexity index is 466. The Morgan fingerprint density at radius 3 is 2.47 bits per heavy atom. The van der Waals surface area contributed by atoms with Crippen LogP contribution in [0.4, 0.5) is 0 Å². The number of nitrogens with zero attached hydrogens (tertiary/aromatic N) is 2. The molecule has 15 heavy (non-hydrogen) atoms. The minimum absolute atomic E-state index is 0.192. The summed E-state index contributed by atoms with van der Waals surface area (Å²) in [5, 5.41) is 9.34. The van der Waals surface area contributed by atoms with Crippen LogP contribution in [0.15, 0.2) is 33.6 Å². The molecule has 0 aliphatic rings. The van der Waals surface area contributed by atoms with Crippen LogP contribution in [0.2, 0.25) is 0 Å². The third-order valence-corrected chi connectivity index (χ3v) is 2.83. The summed E-state index contributed by atoms with van der Waals surface area (Å²) in [7, 11) is -0.495. The zero-order valence-electron chi connectivity index (χ0n) is 8.45. The minimum atomic E-state index is -3.81. The van der Waals surface area contributed by atoms with Gasteiger partial charge in [-0.3, -0.25) is 0 Å². The lowest BCUT2D eigenvalue weighted by atomic mass is 10.3. The quantitative estimate of drug-likeness (QED) is 0.610. The van der Waals surface area contributed by atoms with Crippen molar-refractivity contribution < 1.29 is 13.5 Å². The number of rotatable bonds is 3. The van der Waals surface area contributed by atoms with Gasteiger partial charge in [0.05, 0.1) is 0 Å². The second kappa shape index (κ2) is 4.31. The molecule has 0 fully saturated rings. The van der Waals surface area contributed by atoms with Crippen LogP contribution in [0.25, 0.3) is 0 Å². The Hall–Kier alpha value is -1.56. The van der Waals surface area contributed by atoms with Gasteiger partial charge in [0, 0.05) is 14.1 Å². The Balaban J connectivity index is 3.13. The first kappa shape index (κ1) is 11.5. The fourth-order valence-corrected chi connectivity index (χ4v) is 1.90. The van der Waals surface area contributed by atoms with Crippen molar-refractivity contribution in [2.45, 2.75) is 4.90 Å². The van der Waals surface area contributed by atoms with Crippen LogP contribution in [-0.2, 0) is 10.0 Å². The second-order valence-corrected chi connectivity index (χ2v) is 4.73. The van der Waals surface area contributed by atoms with Gasteiger partial charge in [0.2, 0.25) is 0 Å². The Kier molecular flexibility index (Phi) is 3.31. The third-order valence-electron chi connectivity index (χ3n) is 1.56. The van der Waals surface area contributed by atoms with E-state index in [9.17, 15) is 13.5 Å². The van der Waals surface area contributed by atoms with Gasteiger partial charge in [0.25, 0.3) is 10.0 Å². The van der Waals surface area contributed by atoms with Crippen molar-refractivity contribution in [3.63, 3.8) is 0 Å². The number of phenolic OH excluding ortho intramolecular Hbond substituents is 1. The van der Waals surface area contributed by atoms with E-state index in [0.29, 0.717) is 0 Å². The van der Waals surface area contributed by atoms with Gasteiger partial charge in [-0.2, -0.15) is 8.42 Å². The summed E-state index contributed by atoms with van der Waals surface area (Å²) in [6, 6.07) is 5.68. The van der Waals surface area contributed by atoms with E-state index in [-0.39, 0.29) is 10.6 Å². The average molecular weight is 228 g/mol. The zero-order valence-corrected chi connectivity index (χ0v) is 9.27. The molecule has 0 aliphatic carbocycles. The van der Waals surface area contributed by atoms with Crippen LogP contribution < -0.4 is 0 Å². The molecule has 1 aromatic carbocycles. The molecule has 0 unspecified atom stereocenters. The molecule has 0 amide bonds. The van der Waals surface area contributed by atoms with Crippen molar-refractivity contribution in [1.82, 2.24) is 4.90 Å². The lowest BCUT2D eigenvalue weighted by Crippen LogP contribution is -2.10. The summed E-state index contributed by atoms with van der Waals surface area (Å²) in [4.78, 5) is 1.31. The topological polar surface area (TPSA) is 70.0 Å². The molecule has 5 nitrogen and oxygen atoms in total. The van der Waals surface area contributed by atoms with Gasteiger partial charge in [0.1, 0.15) is 17.0 Å². The fraction of sp³-hybridized carbons (Fsp3) is 0.222. The molecule has 0 aromatic heterocycles. The molecule has 0 aliphatic heterocycles. The first-order valence-electron chi connectivity index (χ1n) is 4.18. The van der Waals surface area contributed by atoms with Crippen molar-refractivity contribution in [2.24, 2.45) is 4.40 Å². The lowest BCUT2D eigenvalue weighted by molar-refractivity contribution is 0.459. The van der Waals surface area contributed by atoms with Gasteiger partial charge in [-0.15, -0.1) is 4.40 Å². The van der Waals surface area contributed by atoms with E-state index in [4.69, 9.17) is 0 Å². The number of para-hydroxylation sites is 1. The summed E-state index contributed by atoms with van der Waals surface area (Å²) >= 11 is 0. The third kappa shape index (κ3) is 2.95. The van der Waals surface area contributed by atoms with Gasteiger partial charge in [-0.25, -0.2) is 0 Å². The largest absolute Gasteiger partial charge is 0.507 e. The standard InChI is InChI=1S/C9H12N2O3S/c1-11(2)7-10-15(13,14)9-6-4-3-5-8(9)12/h3-7,12H,1-2H3/b10-7+. The summed E-state index contributed by atoms with van der Waals surface area (Å²) in [6.45, 7) is 0. The SMILES string of the molecule is CN(C)/C=N/S(=O)(=O)c1ccccc1O. The molecule has 0 atom stereocenters. The first-order chi connectivity index (χ1) is 6.93. The van der Waals surface area contributed by atoms with Crippen LogP contribution in [0.3, 0.4) is 0 Å². The van der Waals surface area contributed by atoms with Crippen molar-refractivity contribution in [3.05, 3.63) is 24.3 Å². The van der Waals surface area contributed by atoms with Crippen LogP contribution in [0.5, 0.6) is 5.75 Å². The number of benzene rings is 1. The predicted octanol–water partition coefficient (Wildman–Crippen LogP) is 0.671. The molecule has 0 bridgehead atoms. The number of aromatic hydroxyl groups is 1. The van der Waals surface area contributed by atoms with Crippen molar-refractivity contribution in [1.29, 1.82) is 0 Å². The monoisotopic (exact) mass is 228 g/mol. The second-order valence-electron chi connectivity index (χ2n) is 3.13. The molecule has 0 saturated carbocycles. The van der Waals surface area contributed by atoms with Crippen LogP contribution in [0, 0.1) is 0 Å². The zero-order chi connectivity index (χ0) is 11.5. The van der Waals surface area contributed by atoms with E-state index in [1.165, 1.54) is 29.4 Å². The number of phenols is 1. The summed E-state index contributed by atoms with van der Waals surface area (Å²) in [6.07, 6.45) is 1.17. The fourth-order valence-electron chi connectivity index (χ4n) is 0.888. The average Bonchev–Trinajstić information content (AvgIpc) is 2.15. The van der Waals surface area contributed by atoms with Gasteiger partial charge in [0.15, 0.2) is 0 Å². The van der Waals surface area contributed by atoms with Crippen LogP contribution >= 0.6 is 0 Å². The van der Waals surface area contributed by atoms with Gasteiger partial charge in [-0.05, 0) is 12.1 Å². The Morgan fingerprint density at radius 2 is 1.93 bits per heavy atom. The molecular weight excluding hydrogens is 216 g/mol. The van der Waals surface area contributed by atoms with Crippen molar-refractivity contribution in [2.75, 3.05) is 14.1 Å². The number of sulfonamides is 1. The Labute approximate surface area is 88.7 Å². The van der Waals surface area contributed by atoms with Gasteiger partial charge >= 0.3 is 0 Å². The molecule has 0 saturated heterocycles. The van der Waals surface area contributed by atoms with Crippen LogP contribution in [0.1, 0.15) is 0 Å². The smallest absolute Gasteiger partial charge is 0.287 e. The molecule has 0 radical (unpaired) electrons. The van der Waals surface area contributed by atoms with Crippen molar-refractivity contribution in [3.8, 4) is 5.75 Å². The maximum atomic E-state index is 11.6. The molecule has 82 valence electrons. The number of hydrogen-bond acceptors (Lipinski definition) is 3. The molecule has 0 spiro atoms. The molecule has 1 rings (SSSR count). The van der Waals surface area contributed by atoms with Gasteiger partial charge in [-0.1, -0.05) is 12.1 Å². The van der Waals surface area contributed by atoms with Crippen molar-refractivity contribution >= 4 is 16.4 Å². The molecule has 6 heteroatoms. The highest BCUT2D eigenvalue weighted by molar-refractivity contribution is 7.90. The van der Waals surface area contributed by atoms with E-state index < -0.39 is 10.0 Å². The molecule has 0 heterocycles. The number of hydrogen-bond donors (Lipinski definition) is 1. The molecule has 1 aromatic rings. The van der Waals surface area contributed by atoms with E-state index in [1.807, 2.05) is 0 Å². The summed E-state index contributed by atoms with van der Waals surface area (Å²) in [5.74, 6) is -0.298. The first-order valence-corrected chi connectivity index (χ1v) is 5.62. The minimum Gasteiger partial charge on any atom is -0.507 e. The highest BCUT2D eigenvalue weighted by Gasteiger charge is 2.15. The van der Waals surface area contributed by atoms with Crippen LogP contribution in [-0.4, -0.2) is 38.9 Å². The van der Waals surface area contributed by atoms with E-state index in [2.05, 4.69) is 4.40 Å².